The van der Waals surface area contributed by atoms with Gasteiger partial charge in [0.05, 0.1) is 13.3 Å². The minimum absolute atomic E-state index is 0.378. The van der Waals surface area contributed by atoms with Gasteiger partial charge in [-0.05, 0) is 25.3 Å². The Kier molecular flexibility index (Phi) is 2.32. The van der Waals surface area contributed by atoms with Crippen LogP contribution in [0.25, 0.3) is 0 Å². The van der Waals surface area contributed by atoms with Crippen molar-refractivity contribution in [2.45, 2.75) is 19.1 Å². The molecule has 2 bridgehead atoms. The van der Waals surface area contributed by atoms with Crippen molar-refractivity contribution in [2.24, 2.45) is 5.92 Å². The van der Waals surface area contributed by atoms with Gasteiger partial charge >= 0.3 is 0 Å². The molecule has 0 spiro atoms. The molecule has 0 aromatic carbocycles. The summed E-state index contributed by atoms with van der Waals surface area (Å²) in [5, 5.41) is 0. The molecular weight excluding hydrogens is 224 g/mol. The molecule has 3 heteroatoms. The van der Waals surface area contributed by atoms with Crippen LogP contribution in [-0.4, -0.2) is 48.7 Å². The highest BCUT2D eigenvalue weighted by Gasteiger charge is 2.38. The van der Waals surface area contributed by atoms with E-state index in [1.807, 2.05) is 0 Å². The molecule has 3 saturated heterocycles. The Morgan fingerprint density at radius 3 is 3.33 bits per heavy atom. The van der Waals surface area contributed by atoms with E-state index in [9.17, 15) is 0 Å². The summed E-state index contributed by atoms with van der Waals surface area (Å²) < 4.78 is 7.90. The Bertz CT molecular complexity index is 451. The number of likely N-dealkylation sites (tertiary alicyclic amines) is 1. The third-order valence-corrected chi connectivity index (χ3v) is 4.55. The first kappa shape index (κ1) is 10.7. The maximum atomic E-state index is 5.78. The lowest BCUT2D eigenvalue weighted by atomic mass is 9.93. The molecule has 96 valence electrons. The zero-order valence-electron chi connectivity index (χ0n) is 10.6. The van der Waals surface area contributed by atoms with E-state index in [0.717, 1.165) is 32.0 Å². The Labute approximate surface area is 108 Å². The molecule has 0 N–H and O–H groups in total. The number of allylic oxidation sites excluding steroid dienone is 1. The maximum absolute atomic E-state index is 5.78. The van der Waals surface area contributed by atoms with Crippen molar-refractivity contribution < 1.29 is 9.31 Å². The number of rotatable bonds is 2. The van der Waals surface area contributed by atoms with Crippen LogP contribution in [0.3, 0.4) is 0 Å². The fraction of sp³-hybridized carbons (Fsp3) is 0.533. The third kappa shape index (κ3) is 1.54. The Balaban J connectivity index is 1.54. The molecule has 3 heterocycles. The van der Waals surface area contributed by atoms with Gasteiger partial charge in [0.25, 0.3) is 0 Å². The average molecular weight is 243 g/mol. The van der Waals surface area contributed by atoms with E-state index in [4.69, 9.17) is 4.74 Å². The molecule has 3 aliphatic heterocycles. The van der Waals surface area contributed by atoms with E-state index in [1.54, 1.807) is 0 Å². The fourth-order valence-electron chi connectivity index (χ4n) is 3.61. The van der Waals surface area contributed by atoms with E-state index < -0.39 is 0 Å². The largest absolute Gasteiger partial charge is 0.363 e. The highest BCUT2D eigenvalue weighted by molar-refractivity contribution is 5.47. The molecule has 2 atom stereocenters. The molecule has 0 radical (unpaired) electrons. The minimum atomic E-state index is 0.378. The quantitative estimate of drug-likeness (QED) is 0.538. The van der Waals surface area contributed by atoms with Crippen LogP contribution in [0.1, 0.15) is 12.8 Å². The van der Waals surface area contributed by atoms with Crippen LogP contribution in [0.4, 0.5) is 0 Å². The van der Waals surface area contributed by atoms with Gasteiger partial charge in [-0.3, -0.25) is 4.90 Å². The molecule has 0 aromatic rings. The summed E-state index contributed by atoms with van der Waals surface area (Å²) in [7, 11) is 0. The standard InChI is InChI=1S/C15H19N2O/c1-16-6-5-13-12(3-2-4-14(13)16)9-17-8-11-7-15(17)18-10-11/h2-4,11,15H,1,5-10H2/q-1/t11-,15+/m1/s1. The van der Waals surface area contributed by atoms with Crippen molar-refractivity contribution in [3.63, 3.8) is 0 Å². The van der Waals surface area contributed by atoms with Gasteiger partial charge in [0.2, 0.25) is 0 Å². The highest BCUT2D eigenvalue weighted by atomic mass is 16.5. The van der Waals surface area contributed by atoms with Gasteiger partial charge in [-0.1, -0.05) is 0 Å². The zero-order chi connectivity index (χ0) is 12.1. The van der Waals surface area contributed by atoms with Crippen LogP contribution < -0.4 is 0 Å². The molecule has 18 heavy (non-hydrogen) atoms. The Morgan fingerprint density at radius 1 is 1.61 bits per heavy atom. The van der Waals surface area contributed by atoms with Gasteiger partial charge in [-0.25, -0.2) is 18.1 Å². The molecule has 0 saturated carbocycles. The summed E-state index contributed by atoms with van der Waals surface area (Å²) in [5.41, 5.74) is 2.96. The van der Waals surface area contributed by atoms with Gasteiger partial charge in [0, 0.05) is 12.6 Å². The predicted octanol–water partition coefficient (Wildman–Crippen LogP) is 1.38. The Hall–Kier alpha value is -1.19. The second-order valence-electron chi connectivity index (χ2n) is 5.75. The summed E-state index contributed by atoms with van der Waals surface area (Å²) >= 11 is 0. The van der Waals surface area contributed by atoms with Crippen molar-refractivity contribution >= 4 is 6.72 Å². The lowest BCUT2D eigenvalue weighted by molar-refractivity contribution is -0.475. The number of fused-ring (bicyclic) bond motifs is 3. The predicted molar refractivity (Wildman–Crippen MR) is 70.0 cm³/mol. The van der Waals surface area contributed by atoms with E-state index in [-0.39, 0.29) is 0 Å². The van der Waals surface area contributed by atoms with Crippen LogP contribution in [0.2, 0.25) is 0 Å². The molecule has 1 aliphatic carbocycles. The van der Waals surface area contributed by atoms with Crippen molar-refractivity contribution in [1.82, 2.24) is 4.90 Å². The minimum Gasteiger partial charge on any atom is -0.363 e. The lowest BCUT2D eigenvalue weighted by Crippen LogP contribution is -2.37. The highest BCUT2D eigenvalue weighted by Crippen LogP contribution is 2.37. The molecule has 0 amide bonds. The van der Waals surface area contributed by atoms with E-state index >= 15 is 0 Å². The number of hydrogen-bond acceptors (Lipinski definition) is 2. The smallest absolute Gasteiger partial charge is 0.121 e. The summed E-state index contributed by atoms with van der Waals surface area (Å²) in [6, 6.07) is 1.32. The van der Waals surface area contributed by atoms with Crippen LogP contribution >= 0.6 is 0 Å². The van der Waals surface area contributed by atoms with E-state index in [1.165, 1.54) is 30.2 Å². The fourth-order valence-corrected chi connectivity index (χ4v) is 3.61. The third-order valence-electron chi connectivity index (χ3n) is 4.55. The first-order valence-corrected chi connectivity index (χ1v) is 6.86. The molecule has 4 rings (SSSR count). The first-order valence-electron chi connectivity index (χ1n) is 6.86. The molecule has 4 aliphatic rings. The van der Waals surface area contributed by atoms with E-state index in [2.05, 4.69) is 34.8 Å². The van der Waals surface area contributed by atoms with Gasteiger partial charge in [-0.15, -0.1) is 0 Å². The van der Waals surface area contributed by atoms with Gasteiger partial charge < -0.3 is 9.31 Å². The molecular formula is C15H19N2O-. The zero-order valence-corrected chi connectivity index (χ0v) is 10.6. The van der Waals surface area contributed by atoms with Gasteiger partial charge in [-0.2, -0.15) is 11.6 Å². The second-order valence-corrected chi connectivity index (χ2v) is 5.75. The lowest BCUT2D eigenvalue weighted by Gasteiger charge is -2.36. The van der Waals surface area contributed by atoms with Crippen LogP contribution in [0.15, 0.2) is 23.3 Å². The molecule has 0 aromatic heterocycles. The van der Waals surface area contributed by atoms with Crippen LogP contribution in [-0.2, 0) is 4.74 Å². The van der Waals surface area contributed by atoms with Gasteiger partial charge in [0.1, 0.15) is 12.8 Å². The SMILES string of the molecule is C=[N+]1CCC2=C(CN3C[C@@H]4CO[C@H]3C4)[CH-]C=C[C-]21. The average Bonchev–Trinajstić information content (AvgIpc) is 3.06. The van der Waals surface area contributed by atoms with Gasteiger partial charge in [0.15, 0.2) is 0 Å². The van der Waals surface area contributed by atoms with E-state index in [0.29, 0.717) is 6.23 Å². The normalized spacial score (nSPS) is 34.4. The first-order chi connectivity index (χ1) is 8.81. The summed E-state index contributed by atoms with van der Waals surface area (Å²) in [5.74, 6) is 0.774. The molecule has 3 nitrogen and oxygen atoms in total. The summed E-state index contributed by atoms with van der Waals surface area (Å²) in [6.45, 7) is 8.36. The summed E-state index contributed by atoms with van der Waals surface area (Å²) in [4.78, 5) is 2.50. The van der Waals surface area contributed by atoms with Crippen molar-refractivity contribution in [3.8, 4) is 0 Å². The molecule has 0 unspecified atom stereocenters. The monoisotopic (exact) mass is 243 g/mol. The number of nitrogens with zero attached hydrogens (tertiary/aromatic N) is 2. The van der Waals surface area contributed by atoms with Crippen LogP contribution in [0, 0.1) is 18.4 Å². The maximum Gasteiger partial charge on any atom is 0.121 e. The second kappa shape index (κ2) is 3.90. The van der Waals surface area contributed by atoms with Crippen molar-refractivity contribution in [3.05, 3.63) is 35.8 Å². The molecule has 3 fully saturated rings. The number of ether oxygens (including phenoxy) is 1. The van der Waals surface area contributed by atoms with Crippen molar-refractivity contribution in [2.75, 3.05) is 26.2 Å². The van der Waals surface area contributed by atoms with Crippen LogP contribution in [0.5, 0.6) is 0 Å². The Morgan fingerprint density at radius 2 is 2.56 bits per heavy atom. The van der Waals surface area contributed by atoms with Crippen molar-refractivity contribution in [1.29, 1.82) is 0 Å². The summed E-state index contributed by atoms with van der Waals surface area (Å²) in [6.07, 6.45) is 9.36. The topological polar surface area (TPSA) is 15.5 Å². The number of hydrogen-bond donors (Lipinski definition) is 0.